The molecule has 2 atom stereocenters. The third-order valence-corrected chi connectivity index (χ3v) is 7.98. The molecule has 2 aliphatic heterocycles. The van der Waals surface area contributed by atoms with E-state index in [-0.39, 0.29) is 35.0 Å². The summed E-state index contributed by atoms with van der Waals surface area (Å²) in [6.45, 7) is 10.5. The summed E-state index contributed by atoms with van der Waals surface area (Å²) in [7, 11) is 0. The number of carbonyl (C=O) groups excluding carboxylic acids is 1. The standard InChI is InChI=1S/C26H33F3N4O4S/c1-16(31-35)11-32-12-19(13-32)37-21-8-7-17(26(27,28)29)10-20(21)23(34)30-24-33(14-18-6-5-9-36-18)15-22(38-24)25(2,3)4/h7-8,10,15-16,18-19H,5-6,9,11-14H2,1-4H3/t16?,18-/m1/s1. The Bertz CT molecular complexity index is 1220. The zero-order valence-corrected chi connectivity index (χ0v) is 22.8. The lowest BCUT2D eigenvalue weighted by Crippen LogP contribution is -2.55. The van der Waals surface area contributed by atoms with Crippen molar-refractivity contribution in [2.24, 2.45) is 10.2 Å². The van der Waals surface area contributed by atoms with Crippen LogP contribution in [0.3, 0.4) is 0 Å². The molecule has 208 valence electrons. The molecule has 4 rings (SSSR count). The highest BCUT2D eigenvalue weighted by Crippen LogP contribution is 2.34. The number of halogens is 3. The van der Waals surface area contributed by atoms with Crippen LogP contribution in [0, 0.1) is 4.91 Å². The largest absolute Gasteiger partial charge is 0.487 e. The molecule has 38 heavy (non-hydrogen) atoms. The van der Waals surface area contributed by atoms with E-state index in [0.717, 1.165) is 29.9 Å². The van der Waals surface area contributed by atoms with Crippen LogP contribution in [-0.2, 0) is 22.9 Å². The summed E-state index contributed by atoms with van der Waals surface area (Å²) in [5.41, 5.74) is -1.38. The fourth-order valence-corrected chi connectivity index (χ4v) is 5.46. The maximum absolute atomic E-state index is 13.5. The van der Waals surface area contributed by atoms with Crippen molar-refractivity contribution < 1.29 is 27.4 Å². The molecule has 3 heterocycles. The highest BCUT2D eigenvalue weighted by molar-refractivity contribution is 7.09. The number of nitrogens with zero attached hydrogens (tertiary/aromatic N) is 4. The van der Waals surface area contributed by atoms with Gasteiger partial charge in [0.15, 0.2) is 4.80 Å². The number of amides is 1. The van der Waals surface area contributed by atoms with Gasteiger partial charge in [0.25, 0.3) is 5.91 Å². The topological polar surface area (TPSA) is 85.5 Å². The van der Waals surface area contributed by atoms with E-state index in [9.17, 15) is 22.9 Å². The molecule has 0 saturated carbocycles. The molecule has 1 aromatic carbocycles. The average molecular weight is 555 g/mol. The van der Waals surface area contributed by atoms with Crippen LogP contribution in [0.2, 0.25) is 0 Å². The zero-order valence-electron chi connectivity index (χ0n) is 22.0. The van der Waals surface area contributed by atoms with Crippen LogP contribution < -0.4 is 9.54 Å². The molecule has 0 radical (unpaired) electrons. The van der Waals surface area contributed by atoms with Gasteiger partial charge in [0.2, 0.25) is 0 Å². The van der Waals surface area contributed by atoms with Crippen LogP contribution in [0.15, 0.2) is 34.6 Å². The number of likely N-dealkylation sites (tertiary alicyclic amines) is 1. The van der Waals surface area contributed by atoms with Gasteiger partial charge in [0.05, 0.1) is 23.8 Å². The van der Waals surface area contributed by atoms with Crippen LogP contribution in [0.5, 0.6) is 5.75 Å². The predicted molar refractivity (Wildman–Crippen MR) is 137 cm³/mol. The average Bonchev–Trinajstić information content (AvgIpc) is 3.47. The summed E-state index contributed by atoms with van der Waals surface area (Å²) >= 11 is 1.34. The maximum Gasteiger partial charge on any atom is 0.416 e. The van der Waals surface area contributed by atoms with E-state index in [1.54, 1.807) is 6.92 Å². The molecule has 0 N–H and O–H groups in total. The Kier molecular flexibility index (Phi) is 8.43. The molecular weight excluding hydrogens is 521 g/mol. The Morgan fingerprint density at radius 3 is 2.61 bits per heavy atom. The van der Waals surface area contributed by atoms with Gasteiger partial charge in [-0.2, -0.15) is 23.1 Å². The van der Waals surface area contributed by atoms with Crippen LogP contribution in [0.4, 0.5) is 13.2 Å². The van der Waals surface area contributed by atoms with Gasteiger partial charge in [-0.15, -0.1) is 11.3 Å². The van der Waals surface area contributed by atoms with Crippen LogP contribution in [-0.4, -0.2) is 59.9 Å². The van der Waals surface area contributed by atoms with E-state index in [1.165, 1.54) is 17.4 Å². The third kappa shape index (κ3) is 6.89. The second kappa shape index (κ2) is 11.3. The summed E-state index contributed by atoms with van der Waals surface area (Å²) in [5, 5.41) is 2.98. The summed E-state index contributed by atoms with van der Waals surface area (Å²) in [6.07, 6.45) is -1.15. The lowest BCUT2D eigenvalue weighted by atomic mass is 9.95. The lowest BCUT2D eigenvalue weighted by molar-refractivity contribution is -0.137. The summed E-state index contributed by atoms with van der Waals surface area (Å²) in [4.78, 5) is 31.7. The molecule has 1 aromatic heterocycles. The summed E-state index contributed by atoms with van der Waals surface area (Å²) in [5.74, 6) is -0.749. The number of carbonyl (C=O) groups is 1. The first-order valence-electron chi connectivity index (χ1n) is 12.7. The van der Waals surface area contributed by atoms with Crippen molar-refractivity contribution >= 4 is 17.2 Å². The number of aromatic nitrogens is 1. The van der Waals surface area contributed by atoms with Gasteiger partial charge in [0, 0.05) is 37.3 Å². The van der Waals surface area contributed by atoms with E-state index >= 15 is 0 Å². The molecule has 0 bridgehead atoms. The van der Waals surface area contributed by atoms with Gasteiger partial charge in [-0.1, -0.05) is 25.9 Å². The SMILES string of the molecule is CC(CN1CC(Oc2ccc(C(F)(F)F)cc2C(=O)N=c2sc(C(C)(C)C)cn2C[C@H]2CCCO2)C1)N=O. The fourth-order valence-electron chi connectivity index (χ4n) is 4.41. The Morgan fingerprint density at radius 2 is 2.00 bits per heavy atom. The predicted octanol–water partition coefficient (Wildman–Crippen LogP) is 5.00. The molecule has 2 saturated heterocycles. The van der Waals surface area contributed by atoms with Crippen molar-refractivity contribution in [2.75, 3.05) is 26.2 Å². The van der Waals surface area contributed by atoms with Crippen molar-refractivity contribution in [3.63, 3.8) is 0 Å². The number of alkyl halides is 3. The highest BCUT2D eigenvalue weighted by atomic mass is 32.1. The monoisotopic (exact) mass is 554 g/mol. The molecule has 8 nitrogen and oxygen atoms in total. The highest BCUT2D eigenvalue weighted by Gasteiger charge is 2.34. The van der Waals surface area contributed by atoms with Crippen LogP contribution >= 0.6 is 11.3 Å². The minimum absolute atomic E-state index is 0.00221. The number of thiazole rings is 1. The summed E-state index contributed by atoms with van der Waals surface area (Å²) in [6, 6.07) is 2.52. The van der Waals surface area contributed by atoms with Crippen LogP contribution in [0.1, 0.15) is 61.3 Å². The van der Waals surface area contributed by atoms with Crippen molar-refractivity contribution in [1.29, 1.82) is 0 Å². The minimum atomic E-state index is -4.62. The quantitative estimate of drug-likeness (QED) is 0.429. The molecule has 1 amide bonds. The van der Waals surface area contributed by atoms with E-state index < -0.39 is 17.6 Å². The Balaban J connectivity index is 1.64. The zero-order chi connectivity index (χ0) is 27.7. The maximum atomic E-state index is 13.5. The molecule has 2 aliphatic rings. The lowest BCUT2D eigenvalue weighted by Gasteiger charge is -2.39. The van der Waals surface area contributed by atoms with Crippen molar-refractivity contribution in [2.45, 2.75) is 76.9 Å². The molecule has 0 spiro atoms. The summed E-state index contributed by atoms with van der Waals surface area (Å²) < 4.78 is 54.1. The third-order valence-electron chi connectivity index (χ3n) is 6.54. The molecule has 2 aromatic rings. The van der Waals surface area contributed by atoms with Gasteiger partial charge >= 0.3 is 6.18 Å². The first-order chi connectivity index (χ1) is 17.8. The van der Waals surface area contributed by atoms with Crippen molar-refractivity contribution in [1.82, 2.24) is 9.47 Å². The molecule has 0 aliphatic carbocycles. The van der Waals surface area contributed by atoms with Gasteiger partial charge in [-0.3, -0.25) is 9.69 Å². The van der Waals surface area contributed by atoms with Crippen LogP contribution in [0.25, 0.3) is 0 Å². The Hall–Kier alpha value is -2.57. The fraction of sp³-hybridized carbons (Fsp3) is 0.615. The number of hydrogen-bond acceptors (Lipinski definition) is 7. The van der Waals surface area contributed by atoms with E-state index in [2.05, 4.69) is 10.2 Å². The number of rotatable bonds is 8. The minimum Gasteiger partial charge on any atom is -0.487 e. The number of hydrogen-bond donors (Lipinski definition) is 0. The first-order valence-corrected chi connectivity index (χ1v) is 13.5. The normalized spacial score (nSPS) is 20.4. The second-order valence-electron chi connectivity index (χ2n) is 11.0. The number of benzene rings is 1. The van der Waals surface area contributed by atoms with E-state index in [4.69, 9.17) is 9.47 Å². The second-order valence-corrected chi connectivity index (χ2v) is 12.0. The van der Waals surface area contributed by atoms with Gasteiger partial charge in [-0.05, 0) is 43.4 Å². The van der Waals surface area contributed by atoms with E-state index in [1.807, 2.05) is 36.4 Å². The van der Waals surface area contributed by atoms with Crippen molar-refractivity contribution in [3.8, 4) is 5.75 Å². The van der Waals surface area contributed by atoms with Gasteiger partial charge < -0.3 is 14.0 Å². The Labute approximate surface area is 223 Å². The number of ether oxygens (including phenoxy) is 2. The van der Waals surface area contributed by atoms with E-state index in [0.29, 0.717) is 37.6 Å². The smallest absolute Gasteiger partial charge is 0.416 e. The molecule has 1 unspecified atom stereocenters. The molecule has 12 heteroatoms. The van der Waals surface area contributed by atoms with Gasteiger partial charge in [0.1, 0.15) is 17.9 Å². The molecule has 2 fully saturated rings. The number of nitroso groups, excluding NO2 is 1. The Morgan fingerprint density at radius 1 is 1.26 bits per heavy atom. The molecular formula is C26H33F3N4O4S. The first kappa shape index (κ1) is 28.4. The van der Waals surface area contributed by atoms with Gasteiger partial charge in [-0.25, -0.2) is 0 Å². The van der Waals surface area contributed by atoms with Crippen molar-refractivity contribution in [3.05, 3.63) is 50.1 Å².